The maximum absolute atomic E-state index is 10.9. The van der Waals surface area contributed by atoms with E-state index >= 15 is 0 Å². The Balaban J connectivity index is 2.36. The van der Waals surface area contributed by atoms with Crippen molar-refractivity contribution in [2.45, 2.75) is 26.8 Å². The molecule has 0 aliphatic carbocycles. The lowest BCUT2D eigenvalue weighted by Crippen LogP contribution is -2.16. The molecule has 1 unspecified atom stereocenters. The number of benzene rings is 1. The molecular weight excluding hydrogens is 274 g/mol. The largest absolute Gasteiger partial charge is 0.310 e. The number of rotatable bonds is 5. The first kappa shape index (κ1) is 14.6. The van der Waals surface area contributed by atoms with Crippen molar-refractivity contribution in [3.63, 3.8) is 0 Å². The number of nitrogens with zero attached hydrogens (tertiary/aromatic N) is 2. The number of nitro benzene ring substituents is 1. The number of aryl methyl sites for hydroxylation is 1. The van der Waals surface area contributed by atoms with Crippen LogP contribution in [0.5, 0.6) is 0 Å². The molecule has 1 N–H and O–H groups in total. The standard InChI is InChI=1S/C14H17N3O2S/c1-4-15-10(3)13-8-16-14(20-13)12-7-11(17(18)19)6-5-9(12)2/h5-8,10,15H,4H2,1-3H3. The van der Waals surface area contributed by atoms with Gasteiger partial charge >= 0.3 is 0 Å². The average Bonchev–Trinajstić information content (AvgIpc) is 2.88. The molecule has 5 nitrogen and oxygen atoms in total. The summed E-state index contributed by atoms with van der Waals surface area (Å²) in [5, 5.41) is 15.0. The number of non-ortho nitro benzene ring substituents is 1. The highest BCUT2D eigenvalue weighted by Gasteiger charge is 2.15. The van der Waals surface area contributed by atoms with Crippen LogP contribution in [0.3, 0.4) is 0 Å². The van der Waals surface area contributed by atoms with Crippen molar-refractivity contribution < 1.29 is 4.92 Å². The van der Waals surface area contributed by atoms with Gasteiger partial charge in [-0.2, -0.15) is 0 Å². The molecule has 0 amide bonds. The van der Waals surface area contributed by atoms with Crippen LogP contribution in [0, 0.1) is 17.0 Å². The topological polar surface area (TPSA) is 68.1 Å². The summed E-state index contributed by atoms with van der Waals surface area (Å²) >= 11 is 1.57. The number of hydrogen-bond donors (Lipinski definition) is 1. The first-order chi connectivity index (χ1) is 9.52. The number of nitro groups is 1. The third-order valence-electron chi connectivity index (χ3n) is 3.12. The van der Waals surface area contributed by atoms with Crippen LogP contribution in [0.1, 0.15) is 30.3 Å². The van der Waals surface area contributed by atoms with Crippen LogP contribution in [-0.4, -0.2) is 16.5 Å². The van der Waals surface area contributed by atoms with Gasteiger partial charge in [-0.3, -0.25) is 10.1 Å². The van der Waals surface area contributed by atoms with Crippen molar-refractivity contribution in [2.75, 3.05) is 6.54 Å². The van der Waals surface area contributed by atoms with Gasteiger partial charge in [0.2, 0.25) is 0 Å². The van der Waals surface area contributed by atoms with E-state index in [1.165, 1.54) is 6.07 Å². The Bertz CT molecular complexity index is 625. The van der Waals surface area contributed by atoms with Crippen LogP contribution in [0.2, 0.25) is 0 Å². The fraction of sp³-hybridized carbons (Fsp3) is 0.357. The summed E-state index contributed by atoms with van der Waals surface area (Å²) in [5.41, 5.74) is 1.92. The van der Waals surface area contributed by atoms with Gasteiger partial charge in [-0.05, 0) is 26.0 Å². The van der Waals surface area contributed by atoms with Crippen LogP contribution in [0.4, 0.5) is 5.69 Å². The fourth-order valence-corrected chi connectivity index (χ4v) is 3.00. The van der Waals surface area contributed by atoms with Crippen molar-refractivity contribution in [3.05, 3.63) is 45.0 Å². The van der Waals surface area contributed by atoms with Crippen molar-refractivity contribution in [3.8, 4) is 10.6 Å². The van der Waals surface area contributed by atoms with E-state index in [4.69, 9.17) is 0 Å². The summed E-state index contributed by atoms with van der Waals surface area (Å²) in [6.07, 6.45) is 1.84. The van der Waals surface area contributed by atoms with Crippen LogP contribution in [-0.2, 0) is 0 Å². The Morgan fingerprint density at radius 1 is 1.50 bits per heavy atom. The van der Waals surface area contributed by atoms with Gasteiger partial charge in [0.15, 0.2) is 0 Å². The van der Waals surface area contributed by atoms with E-state index in [-0.39, 0.29) is 16.7 Å². The normalized spacial score (nSPS) is 12.3. The molecule has 0 saturated heterocycles. The first-order valence-electron chi connectivity index (χ1n) is 6.47. The molecule has 0 fully saturated rings. The summed E-state index contributed by atoms with van der Waals surface area (Å²) in [6.45, 7) is 6.97. The smallest absolute Gasteiger partial charge is 0.270 e. The first-order valence-corrected chi connectivity index (χ1v) is 7.29. The predicted molar refractivity (Wildman–Crippen MR) is 81.0 cm³/mol. The number of aromatic nitrogens is 1. The van der Waals surface area contributed by atoms with Crippen molar-refractivity contribution >= 4 is 17.0 Å². The molecule has 1 heterocycles. The van der Waals surface area contributed by atoms with E-state index in [2.05, 4.69) is 24.1 Å². The summed E-state index contributed by atoms with van der Waals surface area (Å²) < 4.78 is 0. The SMILES string of the molecule is CCNC(C)c1cnc(-c2cc([N+](=O)[O-])ccc2C)s1. The molecule has 6 heteroatoms. The van der Waals surface area contributed by atoms with Crippen molar-refractivity contribution in [1.82, 2.24) is 10.3 Å². The van der Waals surface area contributed by atoms with Gasteiger partial charge < -0.3 is 5.32 Å². The third-order valence-corrected chi connectivity index (χ3v) is 4.34. The molecule has 2 aromatic rings. The number of thiazole rings is 1. The van der Waals surface area contributed by atoms with E-state index in [0.29, 0.717) is 0 Å². The molecule has 0 aliphatic rings. The predicted octanol–water partition coefficient (Wildman–Crippen LogP) is 3.70. The van der Waals surface area contributed by atoms with Gasteiger partial charge in [-0.1, -0.05) is 13.0 Å². The van der Waals surface area contributed by atoms with Gasteiger partial charge in [0.05, 0.1) is 4.92 Å². The highest BCUT2D eigenvalue weighted by molar-refractivity contribution is 7.15. The van der Waals surface area contributed by atoms with Crippen molar-refractivity contribution in [1.29, 1.82) is 0 Å². The second-order valence-corrected chi connectivity index (χ2v) is 5.67. The maximum Gasteiger partial charge on any atom is 0.270 e. The van der Waals surface area contributed by atoms with Gasteiger partial charge in [0, 0.05) is 34.8 Å². The Hall–Kier alpha value is -1.79. The van der Waals surface area contributed by atoms with Crippen LogP contribution >= 0.6 is 11.3 Å². The second kappa shape index (κ2) is 6.11. The maximum atomic E-state index is 10.9. The minimum absolute atomic E-state index is 0.0991. The summed E-state index contributed by atoms with van der Waals surface area (Å²) in [5.74, 6) is 0. The molecule has 2 rings (SSSR count). The van der Waals surface area contributed by atoms with Gasteiger partial charge in [-0.15, -0.1) is 11.3 Å². The van der Waals surface area contributed by atoms with Crippen molar-refractivity contribution in [2.24, 2.45) is 0 Å². The highest BCUT2D eigenvalue weighted by Crippen LogP contribution is 2.32. The molecule has 0 aliphatic heterocycles. The zero-order chi connectivity index (χ0) is 14.7. The fourth-order valence-electron chi connectivity index (χ4n) is 1.97. The Morgan fingerprint density at radius 2 is 2.25 bits per heavy atom. The Morgan fingerprint density at radius 3 is 2.90 bits per heavy atom. The van der Waals surface area contributed by atoms with Crippen LogP contribution in [0.25, 0.3) is 10.6 Å². The van der Waals surface area contributed by atoms with Gasteiger partial charge in [-0.25, -0.2) is 4.98 Å². The molecule has 106 valence electrons. The minimum atomic E-state index is -0.376. The molecule has 0 spiro atoms. The van der Waals surface area contributed by atoms with E-state index in [0.717, 1.165) is 27.6 Å². The molecule has 0 bridgehead atoms. The Labute approximate surface area is 121 Å². The van der Waals surface area contributed by atoms with Crippen LogP contribution in [0.15, 0.2) is 24.4 Å². The highest BCUT2D eigenvalue weighted by atomic mass is 32.1. The minimum Gasteiger partial charge on any atom is -0.310 e. The molecular formula is C14H17N3O2S. The molecule has 0 radical (unpaired) electrons. The van der Waals surface area contributed by atoms with Gasteiger partial charge in [0.1, 0.15) is 5.01 Å². The molecule has 20 heavy (non-hydrogen) atoms. The monoisotopic (exact) mass is 291 g/mol. The van der Waals surface area contributed by atoms with Gasteiger partial charge in [0.25, 0.3) is 5.69 Å². The number of nitrogens with one attached hydrogen (secondary N) is 1. The lowest BCUT2D eigenvalue weighted by Gasteiger charge is -2.08. The zero-order valence-corrected chi connectivity index (χ0v) is 12.5. The third kappa shape index (κ3) is 3.02. The summed E-state index contributed by atoms with van der Waals surface area (Å²) in [4.78, 5) is 16.0. The molecule has 1 atom stereocenters. The molecule has 1 aromatic heterocycles. The molecule has 1 aromatic carbocycles. The van der Waals surface area contributed by atoms with E-state index in [1.54, 1.807) is 23.5 Å². The molecule has 0 saturated carbocycles. The number of hydrogen-bond acceptors (Lipinski definition) is 5. The quantitative estimate of drug-likeness (QED) is 0.673. The van der Waals surface area contributed by atoms with E-state index in [1.807, 2.05) is 13.1 Å². The lowest BCUT2D eigenvalue weighted by molar-refractivity contribution is -0.384. The average molecular weight is 291 g/mol. The lowest BCUT2D eigenvalue weighted by atomic mass is 10.1. The summed E-state index contributed by atoms with van der Waals surface area (Å²) in [7, 11) is 0. The Kier molecular flexibility index (Phi) is 4.46. The summed E-state index contributed by atoms with van der Waals surface area (Å²) in [6, 6.07) is 5.12. The van der Waals surface area contributed by atoms with E-state index < -0.39 is 0 Å². The van der Waals surface area contributed by atoms with E-state index in [9.17, 15) is 10.1 Å². The second-order valence-electron chi connectivity index (χ2n) is 4.60. The zero-order valence-electron chi connectivity index (χ0n) is 11.7. The van der Waals surface area contributed by atoms with Crippen LogP contribution < -0.4 is 5.32 Å².